The minimum Gasteiger partial charge on any atom is -0.493 e. The molecule has 2 heterocycles. The molecule has 4 atom stereocenters. The minimum atomic E-state index is -1.51. The van der Waals surface area contributed by atoms with E-state index in [2.05, 4.69) is 10.6 Å². The topological polar surface area (TPSA) is 114 Å². The van der Waals surface area contributed by atoms with Crippen LogP contribution in [-0.2, 0) is 14.4 Å². The van der Waals surface area contributed by atoms with E-state index in [1.165, 1.54) is 14.2 Å². The molecule has 3 rings (SSSR count). The third kappa shape index (κ3) is 2.93. The average molecular weight is 376 g/mol. The Morgan fingerprint density at radius 3 is 2.41 bits per heavy atom. The van der Waals surface area contributed by atoms with Gasteiger partial charge in [0.1, 0.15) is 5.54 Å². The second-order valence-electron chi connectivity index (χ2n) is 7.47. The van der Waals surface area contributed by atoms with Crippen LogP contribution in [-0.4, -0.2) is 42.6 Å². The molecule has 0 aromatic heterocycles. The van der Waals surface area contributed by atoms with Crippen molar-refractivity contribution >= 4 is 17.8 Å². The molecule has 27 heavy (non-hydrogen) atoms. The Kier molecular flexibility index (Phi) is 4.86. The number of carboxylic acid groups (broad SMARTS) is 1. The molecule has 2 amide bonds. The maximum atomic E-state index is 12.5. The smallest absolute Gasteiger partial charge is 0.324 e. The van der Waals surface area contributed by atoms with Gasteiger partial charge in [-0.3, -0.25) is 25.0 Å². The lowest BCUT2D eigenvalue weighted by Crippen LogP contribution is -2.56. The van der Waals surface area contributed by atoms with Crippen molar-refractivity contribution in [2.24, 2.45) is 17.8 Å². The molecular formula is C19H24N2O6. The minimum absolute atomic E-state index is 0.0157. The lowest BCUT2D eigenvalue weighted by atomic mass is 9.75. The van der Waals surface area contributed by atoms with Gasteiger partial charge in [0.2, 0.25) is 11.8 Å². The van der Waals surface area contributed by atoms with Crippen molar-refractivity contribution in [1.29, 1.82) is 0 Å². The third-order valence-electron chi connectivity index (χ3n) is 5.37. The first-order valence-corrected chi connectivity index (χ1v) is 8.83. The third-order valence-corrected chi connectivity index (χ3v) is 5.37. The number of aliphatic carboxylic acids is 1. The van der Waals surface area contributed by atoms with E-state index in [0.29, 0.717) is 17.1 Å². The summed E-state index contributed by atoms with van der Waals surface area (Å²) in [5.74, 6) is -2.88. The molecule has 1 aromatic rings. The Morgan fingerprint density at radius 1 is 1.19 bits per heavy atom. The van der Waals surface area contributed by atoms with E-state index in [1.54, 1.807) is 18.2 Å². The van der Waals surface area contributed by atoms with Crippen LogP contribution in [0.5, 0.6) is 11.5 Å². The SMILES string of the molecule is COc1ccc(C2NC(CC(C)C)(C(=O)O)C3C(=O)NC(=O)C23)cc1OC. The standard InChI is InChI=1S/C19H24N2O6/c1-9(2)8-19(18(24)25)14-13(16(22)20-17(14)23)15(21-19)10-5-6-11(26-3)12(7-10)27-4/h5-7,9,13-15,21H,8H2,1-4H3,(H,24,25)(H,20,22,23). The molecule has 0 radical (unpaired) electrons. The second kappa shape index (κ2) is 6.84. The number of rotatable bonds is 6. The summed E-state index contributed by atoms with van der Waals surface area (Å²) in [5, 5.41) is 15.5. The van der Waals surface area contributed by atoms with Gasteiger partial charge in [-0.1, -0.05) is 19.9 Å². The number of carboxylic acids is 1. The maximum absolute atomic E-state index is 12.5. The number of fused-ring (bicyclic) bond motifs is 1. The number of nitrogens with one attached hydrogen (secondary N) is 2. The number of methoxy groups -OCH3 is 2. The molecule has 8 heteroatoms. The maximum Gasteiger partial charge on any atom is 0.324 e. The molecule has 2 saturated heterocycles. The summed E-state index contributed by atoms with van der Waals surface area (Å²) >= 11 is 0. The normalized spacial score (nSPS) is 29.6. The summed E-state index contributed by atoms with van der Waals surface area (Å²) in [7, 11) is 3.02. The summed E-state index contributed by atoms with van der Waals surface area (Å²) in [4.78, 5) is 37.2. The molecule has 2 aliphatic rings. The Labute approximate surface area is 157 Å². The second-order valence-corrected chi connectivity index (χ2v) is 7.47. The molecule has 2 fully saturated rings. The number of carbonyl (C=O) groups is 3. The van der Waals surface area contributed by atoms with Crippen molar-refractivity contribution < 1.29 is 29.0 Å². The number of ether oxygens (including phenoxy) is 2. The van der Waals surface area contributed by atoms with Gasteiger partial charge >= 0.3 is 5.97 Å². The number of imide groups is 1. The number of hydrogen-bond donors (Lipinski definition) is 3. The van der Waals surface area contributed by atoms with Crippen molar-refractivity contribution in [1.82, 2.24) is 10.6 Å². The molecular weight excluding hydrogens is 352 g/mol. The number of amides is 2. The van der Waals surface area contributed by atoms with Gasteiger partial charge in [-0.05, 0) is 30.0 Å². The van der Waals surface area contributed by atoms with Crippen LogP contribution in [0.1, 0.15) is 31.9 Å². The van der Waals surface area contributed by atoms with Crippen LogP contribution < -0.4 is 20.1 Å². The fourth-order valence-electron chi connectivity index (χ4n) is 4.38. The Balaban J connectivity index is 2.10. The number of hydrogen-bond acceptors (Lipinski definition) is 6. The van der Waals surface area contributed by atoms with Gasteiger partial charge in [0.05, 0.1) is 26.1 Å². The Bertz CT molecular complexity index is 792. The summed E-state index contributed by atoms with van der Waals surface area (Å²) in [6, 6.07) is 4.52. The van der Waals surface area contributed by atoms with Gasteiger partial charge < -0.3 is 14.6 Å². The molecule has 8 nitrogen and oxygen atoms in total. The van der Waals surface area contributed by atoms with E-state index in [-0.39, 0.29) is 12.3 Å². The molecule has 4 unspecified atom stereocenters. The molecule has 0 spiro atoms. The predicted molar refractivity (Wildman–Crippen MR) is 95.4 cm³/mol. The molecule has 146 valence electrons. The van der Waals surface area contributed by atoms with Crippen molar-refractivity contribution in [3.05, 3.63) is 23.8 Å². The summed E-state index contributed by atoms with van der Waals surface area (Å²) in [6.07, 6.45) is 0.230. The fraction of sp³-hybridized carbons (Fsp3) is 0.526. The van der Waals surface area contributed by atoms with Crippen LogP contribution in [0.25, 0.3) is 0 Å². The van der Waals surface area contributed by atoms with E-state index in [9.17, 15) is 19.5 Å². The van der Waals surface area contributed by atoms with Crippen molar-refractivity contribution in [3.63, 3.8) is 0 Å². The quantitative estimate of drug-likeness (QED) is 0.637. The average Bonchev–Trinajstić information content (AvgIpc) is 3.11. The van der Waals surface area contributed by atoms with E-state index in [1.807, 2.05) is 13.8 Å². The van der Waals surface area contributed by atoms with Crippen LogP contribution in [0.3, 0.4) is 0 Å². The zero-order valence-corrected chi connectivity index (χ0v) is 15.7. The van der Waals surface area contributed by atoms with Crippen molar-refractivity contribution in [2.75, 3.05) is 14.2 Å². The highest BCUT2D eigenvalue weighted by Gasteiger charge is 2.66. The van der Waals surface area contributed by atoms with Crippen LogP contribution in [0.15, 0.2) is 18.2 Å². The zero-order valence-electron chi connectivity index (χ0n) is 15.7. The van der Waals surface area contributed by atoms with Gasteiger partial charge in [-0.15, -0.1) is 0 Å². The largest absolute Gasteiger partial charge is 0.493 e. The molecule has 0 saturated carbocycles. The van der Waals surface area contributed by atoms with Crippen LogP contribution in [0, 0.1) is 17.8 Å². The molecule has 2 aliphatic heterocycles. The molecule has 0 aliphatic carbocycles. The highest BCUT2D eigenvalue weighted by Crippen LogP contribution is 2.49. The van der Waals surface area contributed by atoms with Gasteiger partial charge in [-0.2, -0.15) is 0 Å². The molecule has 0 bridgehead atoms. The van der Waals surface area contributed by atoms with E-state index < -0.39 is 41.2 Å². The molecule has 3 N–H and O–H groups in total. The van der Waals surface area contributed by atoms with Crippen LogP contribution in [0.2, 0.25) is 0 Å². The van der Waals surface area contributed by atoms with Crippen molar-refractivity contribution in [3.8, 4) is 11.5 Å². The summed E-state index contributed by atoms with van der Waals surface area (Å²) in [5.41, 5.74) is -0.841. The fourth-order valence-corrected chi connectivity index (χ4v) is 4.38. The lowest BCUT2D eigenvalue weighted by Gasteiger charge is -2.31. The summed E-state index contributed by atoms with van der Waals surface area (Å²) < 4.78 is 10.6. The highest BCUT2D eigenvalue weighted by molar-refractivity contribution is 6.09. The highest BCUT2D eigenvalue weighted by atomic mass is 16.5. The zero-order chi connectivity index (χ0) is 19.9. The number of carbonyl (C=O) groups excluding carboxylic acids is 2. The van der Waals surface area contributed by atoms with Gasteiger partial charge in [-0.25, -0.2) is 0 Å². The monoisotopic (exact) mass is 376 g/mol. The Hall–Kier alpha value is -2.61. The first kappa shape index (κ1) is 19.2. The Morgan fingerprint density at radius 2 is 1.85 bits per heavy atom. The predicted octanol–water partition coefficient (Wildman–Crippen LogP) is 1.11. The van der Waals surface area contributed by atoms with Gasteiger partial charge in [0.15, 0.2) is 11.5 Å². The first-order valence-electron chi connectivity index (χ1n) is 8.83. The number of benzene rings is 1. The van der Waals surface area contributed by atoms with Gasteiger partial charge in [0, 0.05) is 6.04 Å². The van der Waals surface area contributed by atoms with Crippen LogP contribution in [0.4, 0.5) is 0 Å². The molecule has 1 aromatic carbocycles. The van der Waals surface area contributed by atoms with Gasteiger partial charge in [0.25, 0.3) is 0 Å². The van der Waals surface area contributed by atoms with E-state index in [0.717, 1.165) is 0 Å². The van der Waals surface area contributed by atoms with E-state index >= 15 is 0 Å². The lowest BCUT2D eigenvalue weighted by molar-refractivity contribution is -0.150. The van der Waals surface area contributed by atoms with E-state index in [4.69, 9.17) is 9.47 Å². The summed E-state index contributed by atoms with van der Waals surface area (Å²) in [6.45, 7) is 3.78. The first-order chi connectivity index (χ1) is 12.7. The van der Waals surface area contributed by atoms with Crippen LogP contribution >= 0.6 is 0 Å². The van der Waals surface area contributed by atoms with Crippen molar-refractivity contribution in [2.45, 2.75) is 31.8 Å².